The number of hydrogen-bond acceptors (Lipinski definition) is 3. The summed E-state index contributed by atoms with van der Waals surface area (Å²) in [6.45, 7) is 0. The molecule has 18 heavy (non-hydrogen) atoms. The Hall–Kier alpha value is -2.53. The lowest BCUT2D eigenvalue weighted by atomic mass is 10.0. The highest BCUT2D eigenvalue weighted by Crippen LogP contribution is 2.24. The molecule has 1 N–H and O–H groups in total. The molecule has 2 rings (SSSR count). The van der Waals surface area contributed by atoms with Gasteiger partial charge in [-0.1, -0.05) is 11.2 Å². The van der Waals surface area contributed by atoms with Crippen LogP contribution < -0.4 is 0 Å². The van der Waals surface area contributed by atoms with E-state index in [9.17, 15) is 4.79 Å². The van der Waals surface area contributed by atoms with Gasteiger partial charge < -0.3 is 9.67 Å². The quantitative estimate of drug-likeness (QED) is 0.508. The number of rotatable bonds is 4. The summed E-state index contributed by atoms with van der Waals surface area (Å²) in [6.07, 6.45) is 1.44. The lowest BCUT2D eigenvalue weighted by molar-refractivity contribution is -0.137. The first-order chi connectivity index (χ1) is 8.61. The number of carboxylic acids is 1. The number of nitrogens with zero attached hydrogens (tertiary/aromatic N) is 5. The summed E-state index contributed by atoms with van der Waals surface area (Å²) in [5.74, 6) is -1.01. The molecule has 0 aliphatic rings. The fourth-order valence-electron chi connectivity index (χ4n) is 1.81. The third kappa shape index (κ3) is 2.26. The number of hydrogen-bond donors (Lipinski definition) is 1. The average molecular weight is 245 g/mol. The van der Waals surface area contributed by atoms with Crippen molar-refractivity contribution in [1.82, 2.24) is 9.55 Å². The van der Waals surface area contributed by atoms with Crippen molar-refractivity contribution in [3.63, 3.8) is 0 Å². The summed E-state index contributed by atoms with van der Waals surface area (Å²) in [4.78, 5) is 17.6. The van der Waals surface area contributed by atoms with Crippen LogP contribution in [0.2, 0.25) is 0 Å². The molecule has 0 saturated carbocycles. The molecule has 7 nitrogen and oxygen atoms in total. The van der Waals surface area contributed by atoms with E-state index in [2.05, 4.69) is 15.0 Å². The lowest BCUT2D eigenvalue weighted by Gasteiger charge is -2.08. The van der Waals surface area contributed by atoms with Gasteiger partial charge in [-0.2, -0.15) is 0 Å². The summed E-state index contributed by atoms with van der Waals surface area (Å²) in [5.41, 5.74) is 10.8. The molecule has 1 heterocycles. The highest BCUT2D eigenvalue weighted by Gasteiger charge is 2.15. The number of imidazole rings is 1. The normalized spacial score (nSPS) is 12.1. The molecule has 2 aromatic rings. The van der Waals surface area contributed by atoms with E-state index in [1.807, 2.05) is 17.7 Å². The zero-order valence-corrected chi connectivity index (χ0v) is 9.69. The van der Waals surface area contributed by atoms with E-state index < -0.39 is 12.0 Å². The average Bonchev–Trinajstić information content (AvgIpc) is 2.70. The maximum absolute atomic E-state index is 10.7. The molecule has 7 heteroatoms. The molecule has 0 amide bonds. The Balaban J connectivity index is 2.43. The predicted octanol–water partition coefficient (Wildman–Crippen LogP) is 2.40. The van der Waals surface area contributed by atoms with E-state index >= 15 is 0 Å². The fourth-order valence-corrected chi connectivity index (χ4v) is 1.81. The Bertz CT molecular complexity index is 642. The van der Waals surface area contributed by atoms with Gasteiger partial charge in [0.2, 0.25) is 0 Å². The first-order valence-corrected chi connectivity index (χ1v) is 5.29. The van der Waals surface area contributed by atoms with Gasteiger partial charge >= 0.3 is 5.97 Å². The molecule has 0 spiro atoms. The second kappa shape index (κ2) is 4.77. The number of aryl methyl sites for hydroxylation is 1. The number of aromatic nitrogens is 2. The highest BCUT2D eigenvalue weighted by atomic mass is 16.4. The smallest absolute Gasteiger partial charge is 0.304 e. The van der Waals surface area contributed by atoms with Crippen LogP contribution in [0.5, 0.6) is 0 Å². The Morgan fingerprint density at radius 1 is 1.67 bits per heavy atom. The maximum Gasteiger partial charge on any atom is 0.304 e. The predicted molar refractivity (Wildman–Crippen MR) is 64.9 cm³/mol. The largest absolute Gasteiger partial charge is 0.481 e. The minimum absolute atomic E-state index is 0.234. The van der Waals surface area contributed by atoms with Gasteiger partial charge in [0.25, 0.3) is 0 Å². The van der Waals surface area contributed by atoms with E-state index in [4.69, 9.17) is 10.6 Å². The third-order valence-corrected chi connectivity index (χ3v) is 2.69. The topological polar surface area (TPSA) is 104 Å². The van der Waals surface area contributed by atoms with E-state index in [0.717, 1.165) is 11.0 Å². The third-order valence-electron chi connectivity index (χ3n) is 2.69. The molecule has 1 aromatic heterocycles. The van der Waals surface area contributed by atoms with Gasteiger partial charge in [0.05, 0.1) is 29.8 Å². The number of aliphatic carboxylic acids is 1. The van der Waals surface area contributed by atoms with Gasteiger partial charge in [0, 0.05) is 12.0 Å². The van der Waals surface area contributed by atoms with Crippen LogP contribution in [0, 0.1) is 0 Å². The summed E-state index contributed by atoms with van der Waals surface area (Å²) in [6, 6.07) is 4.63. The van der Waals surface area contributed by atoms with Crippen LogP contribution in [0.1, 0.15) is 18.0 Å². The number of carbonyl (C=O) groups is 1. The number of azide groups is 1. The van der Waals surface area contributed by atoms with Crippen LogP contribution in [-0.2, 0) is 11.8 Å². The molecule has 0 fully saturated rings. The molecule has 0 aliphatic carbocycles. The summed E-state index contributed by atoms with van der Waals surface area (Å²) in [5, 5.41) is 12.3. The molecule has 1 unspecified atom stereocenters. The minimum Gasteiger partial charge on any atom is -0.481 e. The Kier molecular flexibility index (Phi) is 3.16. The first kappa shape index (κ1) is 11.9. The molecular weight excluding hydrogens is 234 g/mol. The van der Waals surface area contributed by atoms with Crippen molar-refractivity contribution < 1.29 is 9.90 Å². The summed E-state index contributed by atoms with van der Waals surface area (Å²) < 4.78 is 1.86. The molecule has 92 valence electrons. The van der Waals surface area contributed by atoms with Crippen molar-refractivity contribution in [2.75, 3.05) is 0 Å². The van der Waals surface area contributed by atoms with Crippen molar-refractivity contribution in [3.8, 4) is 0 Å². The van der Waals surface area contributed by atoms with Gasteiger partial charge in [-0.25, -0.2) is 4.98 Å². The van der Waals surface area contributed by atoms with Crippen molar-refractivity contribution >= 4 is 17.0 Å². The molecule has 0 radical (unpaired) electrons. The van der Waals surface area contributed by atoms with Crippen molar-refractivity contribution in [3.05, 3.63) is 40.5 Å². The van der Waals surface area contributed by atoms with Crippen molar-refractivity contribution in [1.29, 1.82) is 0 Å². The second-order valence-electron chi connectivity index (χ2n) is 3.92. The van der Waals surface area contributed by atoms with E-state index in [-0.39, 0.29) is 6.42 Å². The van der Waals surface area contributed by atoms with Gasteiger partial charge in [-0.05, 0) is 23.2 Å². The van der Waals surface area contributed by atoms with Crippen LogP contribution >= 0.6 is 0 Å². The Morgan fingerprint density at radius 2 is 2.44 bits per heavy atom. The van der Waals surface area contributed by atoms with Crippen LogP contribution in [-0.4, -0.2) is 20.6 Å². The SMILES string of the molecule is Cn1cnc2cc(C(CC(=O)O)N=[N+]=[N-])ccc21. The standard InChI is InChI=1S/C11H11N5O2/c1-16-6-13-9-4-7(2-3-10(9)16)8(14-15-12)5-11(17)18/h2-4,6,8H,5H2,1H3,(H,17,18). The highest BCUT2D eigenvalue weighted by molar-refractivity contribution is 5.76. The van der Waals surface area contributed by atoms with Gasteiger partial charge in [-0.3, -0.25) is 4.79 Å². The summed E-state index contributed by atoms with van der Waals surface area (Å²) >= 11 is 0. The van der Waals surface area contributed by atoms with Crippen LogP contribution in [0.25, 0.3) is 21.5 Å². The second-order valence-corrected chi connectivity index (χ2v) is 3.92. The van der Waals surface area contributed by atoms with Gasteiger partial charge in [0.15, 0.2) is 0 Å². The molecule has 1 atom stereocenters. The van der Waals surface area contributed by atoms with Gasteiger partial charge in [0.1, 0.15) is 0 Å². The molecule has 1 aromatic carbocycles. The van der Waals surface area contributed by atoms with Crippen LogP contribution in [0.3, 0.4) is 0 Å². The zero-order valence-electron chi connectivity index (χ0n) is 9.69. The number of fused-ring (bicyclic) bond motifs is 1. The van der Waals surface area contributed by atoms with E-state index in [0.29, 0.717) is 5.56 Å². The molecular formula is C11H11N5O2. The van der Waals surface area contributed by atoms with Gasteiger partial charge in [-0.15, -0.1) is 0 Å². The van der Waals surface area contributed by atoms with E-state index in [1.54, 1.807) is 18.5 Å². The van der Waals surface area contributed by atoms with Crippen molar-refractivity contribution in [2.24, 2.45) is 12.2 Å². The maximum atomic E-state index is 10.7. The zero-order chi connectivity index (χ0) is 13.1. The molecule has 0 bridgehead atoms. The lowest BCUT2D eigenvalue weighted by Crippen LogP contribution is -2.03. The Morgan fingerprint density at radius 3 is 3.11 bits per heavy atom. The van der Waals surface area contributed by atoms with Crippen molar-refractivity contribution in [2.45, 2.75) is 12.5 Å². The fraction of sp³-hybridized carbons (Fsp3) is 0.273. The first-order valence-electron chi connectivity index (χ1n) is 5.29. The monoisotopic (exact) mass is 245 g/mol. The summed E-state index contributed by atoms with van der Waals surface area (Å²) in [7, 11) is 1.87. The van der Waals surface area contributed by atoms with Crippen LogP contribution in [0.15, 0.2) is 29.6 Å². The molecule has 0 saturated heterocycles. The molecule has 0 aliphatic heterocycles. The number of carboxylic acid groups (broad SMARTS) is 1. The number of benzene rings is 1. The van der Waals surface area contributed by atoms with E-state index in [1.165, 1.54) is 0 Å². The van der Waals surface area contributed by atoms with Crippen LogP contribution in [0.4, 0.5) is 0 Å². The minimum atomic E-state index is -1.01. The Labute approximate surface area is 102 Å².